The molecule has 1 N–H and O–H groups in total. The highest BCUT2D eigenvalue weighted by Crippen LogP contribution is 2.34. The van der Waals surface area contributed by atoms with Crippen molar-refractivity contribution < 1.29 is 19.4 Å². The molecule has 0 saturated heterocycles. The molecule has 4 unspecified atom stereocenters. The van der Waals surface area contributed by atoms with Gasteiger partial charge in [0.05, 0.1) is 24.1 Å². The van der Waals surface area contributed by atoms with Crippen LogP contribution in [-0.4, -0.2) is 41.7 Å². The van der Waals surface area contributed by atoms with E-state index in [4.69, 9.17) is 15.0 Å². The third kappa shape index (κ3) is 14.2. The van der Waals surface area contributed by atoms with Gasteiger partial charge in [-0.15, -0.1) is 0 Å². The molecule has 2 aliphatic rings. The Balaban J connectivity index is 1.76. The SMILES string of the molecule is CCC/C=C\C/C=C\CCCCCCCC1CC(OCC(=O)C(C)CC)CCC1N=NC1CCC(C(=O)O)CC1. The molecule has 228 valence electrons. The van der Waals surface area contributed by atoms with Crippen LogP contribution in [0, 0.1) is 17.8 Å². The van der Waals surface area contributed by atoms with Gasteiger partial charge in [0, 0.05) is 5.92 Å². The van der Waals surface area contributed by atoms with Crippen molar-refractivity contribution in [3.8, 4) is 0 Å². The molecule has 2 saturated carbocycles. The topological polar surface area (TPSA) is 88.3 Å². The van der Waals surface area contributed by atoms with Crippen LogP contribution in [0.1, 0.15) is 136 Å². The van der Waals surface area contributed by atoms with Crippen LogP contribution in [0.3, 0.4) is 0 Å². The van der Waals surface area contributed by atoms with Crippen molar-refractivity contribution in [2.24, 2.45) is 28.0 Å². The van der Waals surface area contributed by atoms with E-state index in [1.54, 1.807) is 0 Å². The van der Waals surface area contributed by atoms with E-state index in [1.807, 2.05) is 13.8 Å². The van der Waals surface area contributed by atoms with E-state index in [1.165, 1.54) is 51.4 Å². The van der Waals surface area contributed by atoms with Gasteiger partial charge >= 0.3 is 5.97 Å². The lowest BCUT2D eigenvalue weighted by Gasteiger charge is -2.34. The summed E-state index contributed by atoms with van der Waals surface area (Å²) in [5.41, 5.74) is 0. The molecular weight excluding hydrogens is 500 g/mol. The third-order valence-electron chi connectivity index (χ3n) is 8.95. The van der Waals surface area contributed by atoms with E-state index < -0.39 is 5.97 Å². The van der Waals surface area contributed by atoms with Crippen molar-refractivity contribution in [3.63, 3.8) is 0 Å². The molecule has 2 fully saturated rings. The molecule has 0 aliphatic heterocycles. The van der Waals surface area contributed by atoms with E-state index in [2.05, 4.69) is 31.2 Å². The summed E-state index contributed by atoms with van der Waals surface area (Å²) in [6.45, 7) is 6.47. The van der Waals surface area contributed by atoms with Crippen molar-refractivity contribution in [3.05, 3.63) is 24.3 Å². The number of unbranched alkanes of at least 4 members (excludes halogenated alkanes) is 6. The number of ether oxygens (including phenoxy) is 1. The summed E-state index contributed by atoms with van der Waals surface area (Å²) in [7, 11) is 0. The van der Waals surface area contributed by atoms with Crippen LogP contribution >= 0.6 is 0 Å². The van der Waals surface area contributed by atoms with Crippen LogP contribution in [0.4, 0.5) is 0 Å². The summed E-state index contributed by atoms with van der Waals surface area (Å²) >= 11 is 0. The van der Waals surface area contributed by atoms with E-state index in [-0.39, 0.29) is 42.4 Å². The van der Waals surface area contributed by atoms with Gasteiger partial charge in [0.1, 0.15) is 6.61 Å². The number of aliphatic carboxylic acids is 1. The molecule has 2 rings (SSSR count). The van der Waals surface area contributed by atoms with Gasteiger partial charge in [0.15, 0.2) is 5.78 Å². The molecule has 6 nitrogen and oxygen atoms in total. The fourth-order valence-corrected chi connectivity index (χ4v) is 5.88. The monoisotopic (exact) mass is 558 g/mol. The number of carboxylic acids is 1. The van der Waals surface area contributed by atoms with E-state index >= 15 is 0 Å². The Hall–Kier alpha value is -1.82. The summed E-state index contributed by atoms with van der Waals surface area (Å²) in [5.74, 6) is -0.169. The van der Waals surface area contributed by atoms with Gasteiger partial charge in [-0.2, -0.15) is 10.2 Å². The van der Waals surface area contributed by atoms with Crippen molar-refractivity contribution >= 4 is 11.8 Å². The molecule has 0 aromatic carbocycles. The first-order chi connectivity index (χ1) is 19.4. The summed E-state index contributed by atoms with van der Waals surface area (Å²) < 4.78 is 6.11. The highest BCUT2D eigenvalue weighted by Gasteiger charge is 2.32. The maximum atomic E-state index is 12.3. The highest BCUT2D eigenvalue weighted by atomic mass is 16.5. The number of hydrogen-bond donors (Lipinski definition) is 1. The van der Waals surface area contributed by atoms with Crippen molar-refractivity contribution in [1.82, 2.24) is 0 Å². The first-order valence-electron chi connectivity index (χ1n) is 16.5. The lowest BCUT2D eigenvalue weighted by atomic mass is 9.80. The van der Waals surface area contributed by atoms with Crippen LogP contribution in [-0.2, 0) is 14.3 Å². The number of hydrogen-bond acceptors (Lipinski definition) is 5. The molecule has 4 atom stereocenters. The van der Waals surface area contributed by atoms with Gasteiger partial charge in [-0.25, -0.2) is 0 Å². The van der Waals surface area contributed by atoms with Crippen molar-refractivity contribution in [1.29, 1.82) is 0 Å². The minimum absolute atomic E-state index is 0.0651. The number of carbonyl (C=O) groups is 2. The second kappa shape index (κ2) is 21.0. The number of rotatable bonds is 20. The van der Waals surface area contributed by atoms with Gasteiger partial charge in [0.25, 0.3) is 0 Å². The lowest BCUT2D eigenvalue weighted by Crippen LogP contribution is -2.34. The van der Waals surface area contributed by atoms with Gasteiger partial charge in [-0.3, -0.25) is 9.59 Å². The Bertz CT molecular complexity index is 785. The number of azo groups is 1. The smallest absolute Gasteiger partial charge is 0.306 e. The number of Topliss-reactive ketones (excluding diaryl/α,β-unsaturated/α-hetero) is 1. The Labute approximate surface area is 244 Å². The van der Waals surface area contributed by atoms with Crippen molar-refractivity contribution in [2.75, 3.05) is 6.61 Å². The van der Waals surface area contributed by atoms with Crippen LogP contribution in [0.2, 0.25) is 0 Å². The number of carbonyl (C=O) groups excluding carboxylic acids is 1. The minimum Gasteiger partial charge on any atom is -0.481 e. The van der Waals surface area contributed by atoms with Gasteiger partial charge in [-0.1, -0.05) is 77.2 Å². The molecule has 0 bridgehead atoms. The van der Waals surface area contributed by atoms with Gasteiger partial charge in [-0.05, 0) is 89.4 Å². The molecular formula is C34H58N2O4. The zero-order chi connectivity index (χ0) is 29.0. The quantitative estimate of drug-likeness (QED) is 0.0916. The largest absolute Gasteiger partial charge is 0.481 e. The second-order valence-electron chi connectivity index (χ2n) is 12.2. The summed E-state index contributed by atoms with van der Waals surface area (Å²) in [6.07, 6.45) is 28.1. The Morgan fingerprint density at radius 1 is 0.875 bits per heavy atom. The van der Waals surface area contributed by atoms with Crippen molar-refractivity contribution in [2.45, 2.75) is 155 Å². The Morgan fingerprint density at radius 3 is 2.27 bits per heavy atom. The second-order valence-corrected chi connectivity index (χ2v) is 12.2. The molecule has 0 aromatic heterocycles. The highest BCUT2D eigenvalue weighted by molar-refractivity contribution is 5.81. The average Bonchev–Trinajstić information content (AvgIpc) is 2.97. The first-order valence-corrected chi connectivity index (χ1v) is 16.5. The molecule has 0 spiro atoms. The molecule has 6 heteroatoms. The van der Waals surface area contributed by atoms with Gasteiger partial charge in [0.2, 0.25) is 0 Å². The normalized spacial score (nSPS) is 26.6. The van der Waals surface area contributed by atoms with E-state index in [0.29, 0.717) is 18.8 Å². The predicted molar refractivity (Wildman–Crippen MR) is 164 cm³/mol. The van der Waals surface area contributed by atoms with E-state index in [0.717, 1.165) is 51.4 Å². The number of carboxylic acid groups (broad SMARTS) is 1. The molecule has 0 aromatic rings. The van der Waals surface area contributed by atoms with E-state index in [9.17, 15) is 14.7 Å². The van der Waals surface area contributed by atoms with Crippen LogP contribution in [0.15, 0.2) is 34.5 Å². The summed E-state index contributed by atoms with van der Waals surface area (Å²) in [5, 5.41) is 18.8. The summed E-state index contributed by atoms with van der Waals surface area (Å²) in [6, 6.07) is 0.388. The number of ketones is 1. The summed E-state index contributed by atoms with van der Waals surface area (Å²) in [4.78, 5) is 23.6. The minimum atomic E-state index is -0.674. The number of allylic oxidation sites excluding steroid dienone is 4. The lowest BCUT2D eigenvalue weighted by molar-refractivity contribution is -0.142. The Morgan fingerprint density at radius 2 is 1.57 bits per heavy atom. The fourth-order valence-electron chi connectivity index (χ4n) is 5.88. The van der Waals surface area contributed by atoms with Crippen LogP contribution in [0.25, 0.3) is 0 Å². The first kappa shape index (κ1) is 34.4. The predicted octanol–water partition coefficient (Wildman–Crippen LogP) is 9.28. The van der Waals surface area contributed by atoms with Crippen LogP contribution in [0.5, 0.6) is 0 Å². The molecule has 0 amide bonds. The maximum absolute atomic E-state index is 12.3. The van der Waals surface area contributed by atoms with Crippen LogP contribution < -0.4 is 0 Å². The standard InChI is InChI=1S/C34H58N2O4/c1-4-6-7-8-9-10-11-12-13-14-15-16-17-18-29-25-31(40-26-33(37)27(3)5-2)23-24-32(29)36-35-30-21-19-28(20-22-30)34(38)39/h7-8,10-11,27-32H,4-6,9,12-26H2,1-3H3,(H,38,39)/b8-7-,11-10-,36-35?. The Kier molecular flexibility index (Phi) is 18.0. The molecule has 0 heterocycles. The molecule has 40 heavy (non-hydrogen) atoms. The zero-order valence-corrected chi connectivity index (χ0v) is 25.8. The van der Waals surface area contributed by atoms with Gasteiger partial charge < -0.3 is 9.84 Å². The third-order valence-corrected chi connectivity index (χ3v) is 8.95. The molecule has 2 aliphatic carbocycles. The molecule has 0 radical (unpaired) electrons. The fraction of sp³-hybridized carbons (Fsp3) is 0.824. The average molecular weight is 559 g/mol. The maximum Gasteiger partial charge on any atom is 0.306 e. The number of nitrogens with zero attached hydrogens (tertiary/aromatic N) is 2. The zero-order valence-electron chi connectivity index (χ0n) is 25.8.